The van der Waals surface area contributed by atoms with Crippen LogP contribution in [0.15, 0.2) is 58.1 Å². The van der Waals surface area contributed by atoms with Crippen LogP contribution in [0.3, 0.4) is 0 Å². The first-order valence-electron chi connectivity index (χ1n) is 9.07. The molecule has 4 rings (SSSR count). The lowest BCUT2D eigenvalue weighted by Crippen LogP contribution is -2.47. The van der Waals surface area contributed by atoms with E-state index in [9.17, 15) is 14.4 Å². The number of hydrogen-bond acceptors (Lipinski definition) is 3. The average Bonchev–Trinajstić information content (AvgIpc) is 2.69. The SMILES string of the molecule is CC1(c2ccccc2)CCCN(C(=O)c2ccc3[nH]c(=O)c(=O)[nH]c3c2)C1. The highest BCUT2D eigenvalue weighted by molar-refractivity contribution is 5.97. The Balaban J connectivity index is 1.64. The van der Waals surface area contributed by atoms with Gasteiger partial charge in [0.25, 0.3) is 5.91 Å². The maximum absolute atomic E-state index is 13.1. The third-order valence-corrected chi connectivity index (χ3v) is 5.42. The highest BCUT2D eigenvalue weighted by Gasteiger charge is 2.34. The summed E-state index contributed by atoms with van der Waals surface area (Å²) in [6.07, 6.45) is 1.97. The molecule has 3 aromatic rings. The highest BCUT2D eigenvalue weighted by Crippen LogP contribution is 2.34. The van der Waals surface area contributed by atoms with Gasteiger partial charge in [-0.1, -0.05) is 37.3 Å². The Morgan fingerprint density at radius 2 is 1.70 bits per heavy atom. The van der Waals surface area contributed by atoms with Gasteiger partial charge in [0.1, 0.15) is 0 Å². The predicted octanol–water partition coefficient (Wildman–Crippen LogP) is 2.41. The molecule has 6 heteroatoms. The second kappa shape index (κ2) is 6.54. The standard InChI is InChI=1S/C21H21N3O3/c1-21(15-6-3-2-4-7-15)10-5-11-24(13-21)20(27)14-8-9-16-17(12-14)23-19(26)18(25)22-16/h2-4,6-9,12H,5,10-11,13H2,1H3,(H,22,25)(H,23,26). The Kier molecular flexibility index (Phi) is 4.18. The van der Waals surface area contributed by atoms with Gasteiger partial charge in [-0.2, -0.15) is 0 Å². The van der Waals surface area contributed by atoms with Crippen molar-refractivity contribution in [2.75, 3.05) is 13.1 Å². The number of rotatable bonds is 2. The Morgan fingerprint density at radius 1 is 1.00 bits per heavy atom. The van der Waals surface area contributed by atoms with Crippen molar-refractivity contribution in [1.82, 2.24) is 14.9 Å². The second-order valence-electron chi connectivity index (χ2n) is 7.43. The van der Waals surface area contributed by atoms with Gasteiger partial charge in [-0.3, -0.25) is 14.4 Å². The predicted molar refractivity (Wildman–Crippen MR) is 104 cm³/mol. The third-order valence-electron chi connectivity index (χ3n) is 5.42. The summed E-state index contributed by atoms with van der Waals surface area (Å²) in [6.45, 7) is 3.56. The van der Waals surface area contributed by atoms with E-state index in [2.05, 4.69) is 29.0 Å². The van der Waals surface area contributed by atoms with Gasteiger partial charge in [-0.05, 0) is 36.6 Å². The molecular formula is C21H21N3O3. The second-order valence-corrected chi connectivity index (χ2v) is 7.43. The van der Waals surface area contributed by atoms with Crippen LogP contribution < -0.4 is 11.1 Å². The summed E-state index contributed by atoms with van der Waals surface area (Å²) in [4.78, 5) is 43.0. The van der Waals surface area contributed by atoms with Crippen LogP contribution in [-0.2, 0) is 5.41 Å². The summed E-state index contributed by atoms with van der Waals surface area (Å²) in [6, 6.07) is 15.3. The van der Waals surface area contributed by atoms with Crippen molar-refractivity contribution >= 4 is 16.9 Å². The van der Waals surface area contributed by atoms with E-state index >= 15 is 0 Å². The number of H-pyrrole nitrogens is 2. The number of fused-ring (bicyclic) bond motifs is 1. The van der Waals surface area contributed by atoms with Crippen LogP contribution >= 0.6 is 0 Å². The maximum Gasteiger partial charge on any atom is 0.314 e. The molecule has 0 aliphatic carbocycles. The number of benzene rings is 2. The van der Waals surface area contributed by atoms with E-state index in [-0.39, 0.29) is 11.3 Å². The molecule has 0 saturated carbocycles. The van der Waals surface area contributed by atoms with Crippen molar-refractivity contribution in [2.24, 2.45) is 0 Å². The molecule has 1 atom stereocenters. The number of amides is 1. The monoisotopic (exact) mass is 363 g/mol. The van der Waals surface area contributed by atoms with Crippen LogP contribution in [0, 0.1) is 0 Å². The first-order valence-corrected chi connectivity index (χ1v) is 9.07. The maximum atomic E-state index is 13.1. The van der Waals surface area contributed by atoms with Crippen molar-refractivity contribution in [3.8, 4) is 0 Å². The van der Waals surface area contributed by atoms with Crippen LogP contribution in [0.1, 0.15) is 35.7 Å². The van der Waals surface area contributed by atoms with Crippen LogP contribution in [0.2, 0.25) is 0 Å². The van der Waals surface area contributed by atoms with Crippen molar-refractivity contribution in [1.29, 1.82) is 0 Å². The number of likely N-dealkylation sites (tertiary alicyclic amines) is 1. The van der Waals surface area contributed by atoms with Crippen LogP contribution in [0.5, 0.6) is 0 Å². The molecule has 6 nitrogen and oxygen atoms in total. The summed E-state index contributed by atoms with van der Waals surface area (Å²) in [7, 11) is 0. The zero-order chi connectivity index (χ0) is 19.0. The number of carbonyl (C=O) groups excluding carboxylic acids is 1. The minimum absolute atomic E-state index is 0.0641. The fraction of sp³-hybridized carbons (Fsp3) is 0.286. The van der Waals surface area contributed by atoms with Crippen molar-refractivity contribution in [3.05, 3.63) is 80.4 Å². The van der Waals surface area contributed by atoms with Gasteiger partial charge in [-0.15, -0.1) is 0 Å². The molecule has 2 aromatic carbocycles. The van der Waals surface area contributed by atoms with Gasteiger partial charge >= 0.3 is 11.1 Å². The summed E-state index contributed by atoms with van der Waals surface area (Å²) in [5.74, 6) is -0.0641. The molecule has 1 aliphatic heterocycles. The fourth-order valence-corrected chi connectivity index (χ4v) is 3.92. The lowest BCUT2D eigenvalue weighted by Gasteiger charge is -2.41. The molecule has 138 valence electrons. The first-order chi connectivity index (χ1) is 13.0. The average molecular weight is 363 g/mol. The number of aromatic amines is 2. The summed E-state index contributed by atoms with van der Waals surface area (Å²) in [5.41, 5.74) is 1.20. The molecule has 0 radical (unpaired) electrons. The molecule has 1 aliphatic rings. The molecule has 2 N–H and O–H groups in total. The molecule has 1 fully saturated rings. The van der Waals surface area contributed by atoms with Gasteiger partial charge in [0.2, 0.25) is 0 Å². The van der Waals surface area contributed by atoms with Gasteiger partial charge in [0.15, 0.2) is 0 Å². The van der Waals surface area contributed by atoms with E-state index in [1.54, 1.807) is 18.2 Å². The first kappa shape index (κ1) is 17.3. The fourth-order valence-electron chi connectivity index (χ4n) is 3.92. The molecule has 1 unspecified atom stereocenters. The number of aromatic nitrogens is 2. The summed E-state index contributed by atoms with van der Waals surface area (Å²) < 4.78 is 0. The van der Waals surface area contributed by atoms with Crippen molar-refractivity contribution < 1.29 is 4.79 Å². The molecule has 2 heterocycles. The minimum atomic E-state index is -0.721. The molecule has 1 amide bonds. The Bertz CT molecular complexity index is 1120. The van der Waals surface area contributed by atoms with Gasteiger partial charge in [-0.25, -0.2) is 0 Å². The van der Waals surface area contributed by atoms with Gasteiger partial charge < -0.3 is 14.9 Å². The molecule has 1 saturated heterocycles. The van der Waals surface area contributed by atoms with E-state index < -0.39 is 11.1 Å². The van der Waals surface area contributed by atoms with Crippen LogP contribution in [-0.4, -0.2) is 33.9 Å². The summed E-state index contributed by atoms with van der Waals surface area (Å²) >= 11 is 0. The van der Waals surface area contributed by atoms with E-state index in [0.717, 1.165) is 12.8 Å². The van der Waals surface area contributed by atoms with Crippen molar-refractivity contribution in [3.63, 3.8) is 0 Å². The highest BCUT2D eigenvalue weighted by atomic mass is 16.2. The molecule has 0 bridgehead atoms. The largest absolute Gasteiger partial charge is 0.338 e. The van der Waals surface area contributed by atoms with E-state index in [1.165, 1.54) is 5.56 Å². The van der Waals surface area contributed by atoms with Crippen LogP contribution in [0.4, 0.5) is 0 Å². The van der Waals surface area contributed by atoms with Crippen LogP contribution in [0.25, 0.3) is 11.0 Å². The normalized spacial score (nSPS) is 20.0. The zero-order valence-corrected chi connectivity index (χ0v) is 15.1. The number of nitrogens with zero attached hydrogens (tertiary/aromatic N) is 1. The van der Waals surface area contributed by atoms with E-state index in [0.29, 0.717) is 29.7 Å². The number of nitrogens with one attached hydrogen (secondary N) is 2. The van der Waals surface area contributed by atoms with Gasteiger partial charge in [0, 0.05) is 24.1 Å². The van der Waals surface area contributed by atoms with Crippen molar-refractivity contribution in [2.45, 2.75) is 25.2 Å². The number of piperidine rings is 1. The minimum Gasteiger partial charge on any atom is -0.338 e. The van der Waals surface area contributed by atoms with E-state index in [1.807, 2.05) is 23.1 Å². The molecule has 1 aromatic heterocycles. The molecular weight excluding hydrogens is 342 g/mol. The lowest BCUT2D eigenvalue weighted by atomic mass is 9.76. The Labute approximate surface area is 155 Å². The van der Waals surface area contributed by atoms with Gasteiger partial charge in [0.05, 0.1) is 11.0 Å². The zero-order valence-electron chi connectivity index (χ0n) is 15.1. The summed E-state index contributed by atoms with van der Waals surface area (Å²) in [5, 5.41) is 0. The Morgan fingerprint density at radius 3 is 2.44 bits per heavy atom. The number of hydrogen-bond donors (Lipinski definition) is 2. The lowest BCUT2D eigenvalue weighted by molar-refractivity contribution is 0.0651. The molecule has 27 heavy (non-hydrogen) atoms. The third kappa shape index (κ3) is 3.18. The topological polar surface area (TPSA) is 86.0 Å². The van der Waals surface area contributed by atoms with E-state index in [4.69, 9.17) is 0 Å². The molecule has 0 spiro atoms. The Hall–Kier alpha value is -3.15. The number of carbonyl (C=O) groups is 1. The smallest absolute Gasteiger partial charge is 0.314 e. The quantitative estimate of drug-likeness (QED) is 0.686.